The molecule has 8 nitrogen and oxygen atoms in total. The van der Waals surface area contributed by atoms with Crippen LogP contribution in [0, 0.1) is 11.7 Å². The fraction of sp³-hybridized carbons (Fsp3) is 0.346. The average molecular weight is 479 g/mol. The molecule has 0 bridgehead atoms. The molecule has 1 saturated carbocycles. The van der Waals surface area contributed by atoms with E-state index >= 15 is 4.39 Å². The first-order valence-electron chi connectivity index (χ1n) is 11.7. The first kappa shape index (κ1) is 23.0. The highest BCUT2D eigenvalue weighted by Gasteiger charge is 2.64. The average Bonchev–Trinajstić information content (AvgIpc) is 3.65. The van der Waals surface area contributed by atoms with Crippen LogP contribution in [0.4, 0.5) is 10.2 Å². The van der Waals surface area contributed by atoms with Gasteiger partial charge in [0.1, 0.15) is 12.4 Å². The number of benzene rings is 2. The van der Waals surface area contributed by atoms with Gasteiger partial charge in [0.15, 0.2) is 11.6 Å². The van der Waals surface area contributed by atoms with Crippen molar-refractivity contribution >= 4 is 28.5 Å². The van der Waals surface area contributed by atoms with Gasteiger partial charge in [0.25, 0.3) is 0 Å². The van der Waals surface area contributed by atoms with Crippen molar-refractivity contribution in [1.82, 2.24) is 10.5 Å². The Morgan fingerprint density at radius 3 is 2.66 bits per heavy atom. The Balaban J connectivity index is 1.39. The number of pyridine rings is 1. The van der Waals surface area contributed by atoms with Gasteiger partial charge in [0, 0.05) is 24.0 Å². The topological polar surface area (TPSA) is 118 Å². The quantitative estimate of drug-likeness (QED) is 0.355. The first-order chi connectivity index (χ1) is 16.9. The van der Waals surface area contributed by atoms with Crippen molar-refractivity contribution in [2.45, 2.75) is 37.7 Å². The van der Waals surface area contributed by atoms with E-state index in [0.717, 1.165) is 48.2 Å². The van der Waals surface area contributed by atoms with E-state index in [4.69, 9.17) is 20.7 Å². The summed E-state index contributed by atoms with van der Waals surface area (Å²) in [5.74, 6) is -2.05. The number of nitrogens with two attached hydrogens (primary N) is 1. The molecule has 9 heteroatoms. The second-order valence-electron chi connectivity index (χ2n) is 9.21. The molecule has 3 aromatic rings. The highest BCUT2D eigenvalue weighted by Crippen LogP contribution is 2.54. The Bertz CT molecular complexity index is 1290. The van der Waals surface area contributed by atoms with Crippen molar-refractivity contribution < 1.29 is 23.9 Å². The third kappa shape index (κ3) is 4.16. The molecule has 182 valence electrons. The van der Waals surface area contributed by atoms with Crippen LogP contribution in [-0.4, -0.2) is 35.1 Å². The van der Waals surface area contributed by atoms with Crippen LogP contribution in [-0.2, 0) is 21.6 Å². The van der Waals surface area contributed by atoms with Gasteiger partial charge in [-0.1, -0.05) is 24.3 Å². The number of carbonyl (C=O) groups is 2. The number of nitrogens with zero attached hydrogens (tertiary/aromatic N) is 2. The number of anilines is 1. The summed E-state index contributed by atoms with van der Waals surface area (Å²) in [6.45, 7) is 2.05. The lowest BCUT2D eigenvalue weighted by Gasteiger charge is -2.28. The number of piperidine rings is 1. The summed E-state index contributed by atoms with van der Waals surface area (Å²) < 4.78 is 20.9. The van der Waals surface area contributed by atoms with Gasteiger partial charge in [-0.3, -0.25) is 14.8 Å². The Labute approximate surface area is 201 Å². The Morgan fingerprint density at radius 2 is 1.94 bits per heavy atom. The molecule has 2 heterocycles. The molecule has 2 aliphatic rings. The number of rotatable bonds is 7. The van der Waals surface area contributed by atoms with Gasteiger partial charge in [-0.05, 0) is 55.5 Å². The van der Waals surface area contributed by atoms with E-state index in [1.165, 1.54) is 30.1 Å². The highest BCUT2D eigenvalue weighted by atomic mass is 19.1. The second kappa shape index (κ2) is 9.14. The third-order valence-corrected chi connectivity index (χ3v) is 7.13. The van der Waals surface area contributed by atoms with Crippen molar-refractivity contribution in [3.63, 3.8) is 0 Å². The van der Waals surface area contributed by atoms with Gasteiger partial charge < -0.3 is 15.4 Å². The number of primary amides is 1. The molecule has 1 saturated heterocycles. The van der Waals surface area contributed by atoms with Gasteiger partial charge in [-0.2, -0.15) is 0 Å². The SMILES string of the molecule is NC(=O)[C@@]1(c2ccc(OCc3cc(N4CCCCC4)nc4ccccc34)c(F)c2)C[C@@H]1C(=O)NO. The van der Waals surface area contributed by atoms with Gasteiger partial charge >= 0.3 is 0 Å². The fourth-order valence-electron chi connectivity index (χ4n) is 5.08. The number of aromatic nitrogens is 1. The molecule has 1 aromatic heterocycles. The zero-order valence-corrected chi connectivity index (χ0v) is 19.2. The number of ether oxygens (including phenoxy) is 1. The summed E-state index contributed by atoms with van der Waals surface area (Å²) in [4.78, 5) is 31.0. The number of para-hydroxylation sites is 1. The lowest BCUT2D eigenvalue weighted by Crippen LogP contribution is -2.35. The van der Waals surface area contributed by atoms with Gasteiger partial charge in [0.2, 0.25) is 11.8 Å². The molecule has 5 rings (SSSR count). The standard InChI is InChI=1S/C26H27FN4O4/c27-20-13-17(26(25(28)33)14-19(26)24(32)30-34)8-9-22(20)35-15-16-12-23(31-10-4-1-5-11-31)29-21-7-3-2-6-18(16)21/h2-3,6-9,12-13,19,34H,1,4-5,10-11,14-15H2,(H2,28,33)(H,30,32)/t19-,26-/m1/s1. The summed E-state index contributed by atoms with van der Waals surface area (Å²) in [6, 6.07) is 14.0. The smallest absolute Gasteiger partial charge is 0.247 e. The highest BCUT2D eigenvalue weighted by molar-refractivity contribution is 5.99. The van der Waals surface area contributed by atoms with Gasteiger partial charge in [-0.25, -0.2) is 14.9 Å². The van der Waals surface area contributed by atoms with Gasteiger partial charge in [-0.15, -0.1) is 0 Å². The Hall–Kier alpha value is -3.72. The molecule has 1 aliphatic heterocycles. The normalized spacial score (nSPS) is 21.5. The summed E-state index contributed by atoms with van der Waals surface area (Å²) >= 11 is 0. The summed E-state index contributed by atoms with van der Waals surface area (Å²) in [5, 5.41) is 9.85. The molecule has 2 fully saturated rings. The zero-order chi connectivity index (χ0) is 24.6. The van der Waals surface area contributed by atoms with E-state index in [2.05, 4.69) is 4.90 Å². The predicted molar refractivity (Wildman–Crippen MR) is 127 cm³/mol. The molecule has 2 aromatic carbocycles. The maximum Gasteiger partial charge on any atom is 0.247 e. The maximum atomic E-state index is 15.0. The van der Waals surface area contributed by atoms with Crippen molar-refractivity contribution in [1.29, 1.82) is 0 Å². The molecule has 0 unspecified atom stereocenters. The number of halogens is 1. The zero-order valence-electron chi connectivity index (χ0n) is 19.2. The number of fused-ring (bicyclic) bond motifs is 1. The molecule has 4 N–H and O–H groups in total. The molecule has 35 heavy (non-hydrogen) atoms. The summed E-state index contributed by atoms with van der Waals surface area (Å²) in [5.41, 5.74) is 7.78. The van der Waals surface area contributed by atoms with Crippen LogP contribution in [0.15, 0.2) is 48.5 Å². The van der Waals surface area contributed by atoms with Crippen LogP contribution in [0.25, 0.3) is 10.9 Å². The molecule has 2 amide bonds. The number of hydrogen-bond donors (Lipinski definition) is 3. The van der Waals surface area contributed by atoms with Crippen LogP contribution in [0.3, 0.4) is 0 Å². The monoisotopic (exact) mass is 478 g/mol. The van der Waals surface area contributed by atoms with E-state index in [9.17, 15) is 9.59 Å². The molecular weight excluding hydrogens is 451 g/mol. The van der Waals surface area contributed by atoms with Crippen LogP contribution in [0.1, 0.15) is 36.8 Å². The third-order valence-electron chi connectivity index (χ3n) is 7.13. The van der Waals surface area contributed by atoms with Crippen LogP contribution in [0.2, 0.25) is 0 Å². The lowest BCUT2D eigenvalue weighted by atomic mass is 9.92. The maximum absolute atomic E-state index is 15.0. The molecule has 0 radical (unpaired) electrons. The van der Waals surface area contributed by atoms with Crippen LogP contribution >= 0.6 is 0 Å². The number of nitrogens with one attached hydrogen (secondary N) is 1. The first-order valence-corrected chi connectivity index (χ1v) is 11.7. The number of hydroxylamine groups is 1. The van der Waals surface area contributed by atoms with E-state index in [1.54, 1.807) is 0 Å². The minimum absolute atomic E-state index is 0.0256. The molecule has 2 atom stereocenters. The van der Waals surface area contributed by atoms with Crippen molar-refractivity contribution in [2.75, 3.05) is 18.0 Å². The van der Waals surface area contributed by atoms with E-state index in [-0.39, 0.29) is 24.3 Å². The lowest BCUT2D eigenvalue weighted by molar-refractivity contribution is -0.132. The molecule has 1 aliphatic carbocycles. The molecule has 0 spiro atoms. The van der Waals surface area contributed by atoms with Crippen molar-refractivity contribution in [2.24, 2.45) is 11.7 Å². The fourth-order valence-corrected chi connectivity index (χ4v) is 5.08. The van der Waals surface area contributed by atoms with E-state index < -0.39 is 29.0 Å². The van der Waals surface area contributed by atoms with E-state index in [1.807, 2.05) is 30.3 Å². The van der Waals surface area contributed by atoms with Gasteiger partial charge in [0.05, 0.1) is 16.8 Å². The predicted octanol–water partition coefficient (Wildman–Crippen LogP) is 3.19. The number of carbonyl (C=O) groups excluding carboxylic acids is 2. The van der Waals surface area contributed by atoms with Crippen molar-refractivity contribution in [3.05, 3.63) is 65.5 Å². The largest absolute Gasteiger partial charge is 0.486 e. The molecular formula is C26H27FN4O4. The van der Waals surface area contributed by atoms with Crippen LogP contribution < -0.4 is 20.9 Å². The minimum atomic E-state index is -1.34. The summed E-state index contributed by atoms with van der Waals surface area (Å²) in [6.07, 6.45) is 3.59. The summed E-state index contributed by atoms with van der Waals surface area (Å²) in [7, 11) is 0. The Kier molecular flexibility index (Phi) is 6.02. The van der Waals surface area contributed by atoms with Crippen molar-refractivity contribution in [3.8, 4) is 5.75 Å². The van der Waals surface area contributed by atoms with Crippen LogP contribution in [0.5, 0.6) is 5.75 Å². The van der Waals surface area contributed by atoms with E-state index in [0.29, 0.717) is 0 Å². The Morgan fingerprint density at radius 1 is 1.17 bits per heavy atom. The second-order valence-corrected chi connectivity index (χ2v) is 9.21. The minimum Gasteiger partial charge on any atom is -0.486 e. The number of amides is 2. The number of hydrogen-bond acceptors (Lipinski definition) is 6.